The lowest BCUT2D eigenvalue weighted by Gasteiger charge is -2.16. The molecule has 1 aromatic rings. The molecule has 0 bridgehead atoms. The van der Waals surface area contributed by atoms with Gasteiger partial charge in [-0.2, -0.15) is 22.0 Å². The largest absolute Gasteiger partial charge is 0.461 e. The van der Waals surface area contributed by atoms with Gasteiger partial charge in [-0.15, -0.1) is 0 Å². The number of nitro benzene ring substituents is 1. The van der Waals surface area contributed by atoms with Gasteiger partial charge in [0, 0.05) is 0 Å². The first-order valence-corrected chi connectivity index (χ1v) is 4.03. The number of benzene rings is 1. The molecule has 0 unspecified atom stereocenters. The van der Waals surface area contributed by atoms with Gasteiger partial charge < -0.3 is 4.74 Å². The standard InChI is InChI=1S/C8H4F5NO3/c9-5-2-1-4(3-6(5)14(15)16)17-8(12,13)7(10)11/h1-3,7H. The van der Waals surface area contributed by atoms with Crippen LogP contribution in [0.4, 0.5) is 27.6 Å². The number of nitrogens with zero attached hydrogens (tertiary/aromatic N) is 1. The fraction of sp³-hybridized carbons (Fsp3) is 0.250. The molecule has 0 aliphatic carbocycles. The first kappa shape index (κ1) is 13.1. The molecule has 0 saturated carbocycles. The van der Waals surface area contributed by atoms with Crippen molar-refractivity contribution in [1.29, 1.82) is 0 Å². The fourth-order valence-corrected chi connectivity index (χ4v) is 0.898. The molecule has 0 N–H and O–H groups in total. The van der Waals surface area contributed by atoms with E-state index in [9.17, 15) is 32.1 Å². The Morgan fingerprint density at radius 1 is 1.35 bits per heavy atom. The first-order valence-electron chi connectivity index (χ1n) is 4.03. The van der Waals surface area contributed by atoms with Gasteiger partial charge in [-0.3, -0.25) is 10.1 Å². The lowest BCUT2D eigenvalue weighted by molar-refractivity contribution is -0.387. The van der Waals surface area contributed by atoms with Gasteiger partial charge in [0.05, 0.1) is 11.0 Å². The minimum atomic E-state index is -4.80. The third-order valence-electron chi connectivity index (χ3n) is 1.62. The smallest absolute Gasteiger partial charge is 0.428 e. The van der Waals surface area contributed by atoms with E-state index in [4.69, 9.17) is 0 Å². The highest BCUT2D eigenvalue weighted by Crippen LogP contribution is 2.30. The molecule has 9 heteroatoms. The van der Waals surface area contributed by atoms with Gasteiger partial charge in [0.1, 0.15) is 5.75 Å². The Hall–Kier alpha value is -1.93. The van der Waals surface area contributed by atoms with Gasteiger partial charge >= 0.3 is 18.2 Å². The number of rotatable bonds is 4. The maximum Gasteiger partial charge on any atom is 0.461 e. The van der Waals surface area contributed by atoms with Crippen LogP contribution >= 0.6 is 0 Å². The molecule has 0 amide bonds. The van der Waals surface area contributed by atoms with Crippen LogP contribution < -0.4 is 4.74 Å². The summed E-state index contributed by atoms with van der Waals surface area (Å²) in [5.74, 6) is -2.22. The summed E-state index contributed by atoms with van der Waals surface area (Å²) < 4.78 is 64.7. The molecule has 0 atom stereocenters. The summed E-state index contributed by atoms with van der Waals surface area (Å²) >= 11 is 0. The Bertz CT molecular complexity index is 437. The van der Waals surface area contributed by atoms with Crippen LogP contribution in [0.2, 0.25) is 0 Å². The molecule has 0 aliphatic rings. The van der Waals surface area contributed by atoms with Gasteiger partial charge in [-0.1, -0.05) is 0 Å². The topological polar surface area (TPSA) is 52.4 Å². The van der Waals surface area contributed by atoms with Crippen LogP contribution in [0.3, 0.4) is 0 Å². The summed E-state index contributed by atoms with van der Waals surface area (Å²) in [5.41, 5.74) is -1.15. The maximum absolute atomic E-state index is 12.8. The summed E-state index contributed by atoms with van der Waals surface area (Å²) in [5, 5.41) is 10.2. The molecule has 0 aliphatic heterocycles. The highest BCUT2D eigenvalue weighted by molar-refractivity contribution is 5.39. The van der Waals surface area contributed by atoms with Crippen LogP contribution in [0.5, 0.6) is 5.75 Å². The quantitative estimate of drug-likeness (QED) is 0.473. The van der Waals surface area contributed by atoms with Gasteiger partial charge in [0.2, 0.25) is 5.82 Å². The van der Waals surface area contributed by atoms with Crippen LogP contribution in [0.15, 0.2) is 18.2 Å². The van der Waals surface area contributed by atoms with Crippen LogP contribution in [-0.2, 0) is 0 Å². The Kier molecular flexibility index (Phi) is 3.49. The Morgan fingerprint density at radius 3 is 2.41 bits per heavy atom. The van der Waals surface area contributed by atoms with Gasteiger partial charge in [0.15, 0.2) is 0 Å². The first-order chi connectivity index (χ1) is 7.74. The maximum atomic E-state index is 12.8. The van der Waals surface area contributed by atoms with E-state index < -0.39 is 34.7 Å². The van der Waals surface area contributed by atoms with E-state index in [-0.39, 0.29) is 0 Å². The van der Waals surface area contributed by atoms with Gasteiger partial charge in [-0.25, -0.2) is 0 Å². The highest BCUT2D eigenvalue weighted by atomic mass is 19.3. The zero-order valence-electron chi connectivity index (χ0n) is 7.87. The fourth-order valence-electron chi connectivity index (χ4n) is 0.898. The molecule has 1 rings (SSSR count). The molecule has 94 valence electrons. The van der Waals surface area contributed by atoms with E-state index in [0.29, 0.717) is 18.2 Å². The minimum absolute atomic E-state index is 0.297. The minimum Gasteiger partial charge on any atom is -0.428 e. The molecule has 4 nitrogen and oxygen atoms in total. The van der Waals surface area contributed by atoms with E-state index in [0.717, 1.165) is 0 Å². The number of ether oxygens (including phenoxy) is 1. The molecule has 0 fully saturated rings. The third-order valence-corrected chi connectivity index (χ3v) is 1.62. The summed E-state index contributed by atoms with van der Waals surface area (Å²) in [6, 6.07) is 1.35. The summed E-state index contributed by atoms with van der Waals surface area (Å²) in [6.07, 6.45) is -8.90. The van der Waals surface area contributed by atoms with Crippen LogP contribution in [0.25, 0.3) is 0 Å². The van der Waals surface area contributed by atoms with Gasteiger partial charge in [-0.05, 0) is 12.1 Å². The van der Waals surface area contributed by atoms with Crippen molar-refractivity contribution in [3.63, 3.8) is 0 Å². The Labute approximate surface area is 90.8 Å². The van der Waals surface area contributed by atoms with E-state index in [1.807, 2.05) is 0 Å². The Morgan fingerprint density at radius 2 is 1.94 bits per heavy atom. The zero-order valence-corrected chi connectivity index (χ0v) is 7.87. The van der Waals surface area contributed by atoms with E-state index in [2.05, 4.69) is 4.74 Å². The lowest BCUT2D eigenvalue weighted by Crippen LogP contribution is -2.33. The summed E-state index contributed by atoms with van der Waals surface area (Å²) in [4.78, 5) is 9.06. The second-order valence-corrected chi connectivity index (χ2v) is 2.83. The van der Waals surface area contributed by atoms with Crippen molar-refractivity contribution in [2.45, 2.75) is 12.5 Å². The average Bonchev–Trinajstić information content (AvgIpc) is 2.20. The predicted molar refractivity (Wildman–Crippen MR) is 44.6 cm³/mol. The second kappa shape index (κ2) is 4.52. The molecule has 0 saturated heterocycles. The number of hydrogen-bond acceptors (Lipinski definition) is 3. The number of alkyl halides is 4. The lowest BCUT2D eigenvalue weighted by atomic mass is 10.3. The molecular formula is C8H4F5NO3. The van der Waals surface area contributed by atoms with Crippen LogP contribution in [0, 0.1) is 15.9 Å². The Balaban J connectivity index is 3.01. The predicted octanol–water partition coefficient (Wildman–Crippen LogP) is 2.97. The van der Waals surface area contributed by atoms with Crippen molar-refractivity contribution in [2.24, 2.45) is 0 Å². The molecular weight excluding hydrogens is 253 g/mol. The summed E-state index contributed by atoms with van der Waals surface area (Å²) in [7, 11) is 0. The second-order valence-electron chi connectivity index (χ2n) is 2.83. The van der Waals surface area contributed by atoms with Crippen molar-refractivity contribution < 1.29 is 31.6 Å². The molecule has 17 heavy (non-hydrogen) atoms. The molecule has 0 spiro atoms. The number of hydrogen-bond donors (Lipinski definition) is 0. The van der Waals surface area contributed by atoms with E-state index in [1.165, 1.54) is 0 Å². The third kappa shape index (κ3) is 3.02. The normalized spacial score (nSPS) is 11.6. The van der Waals surface area contributed by atoms with E-state index in [1.54, 1.807) is 0 Å². The van der Waals surface area contributed by atoms with Crippen molar-refractivity contribution in [1.82, 2.24) is 0 Å². The van der Waals surface area contributed by atoms with Crippen molar-refractivity contribution >= 4 is 5.69 Å². The van der Waals surface area contributed by atoms with Gasteiger partial charge in [0.25, 0.3) is 0 Å². The van der Waals surface area contributed by atoms with Crippen molar-refractivity contribution in [3.8, 4) is 5.75 Å². The van der Waals surface area contributed by atoms with E-state index >= 15 is 0 Å². The average molecular weight is 257 g/mol. The number of nitro groups is 1. The monoisotopic (exact) mass is 257 g/mol. The van der Waals surface area contributed by atoms with Crippen LogP contribution in [0.1, 0.15) is 0 Å². The van der Waals surface area contributed by atoms with Crippen LogP contribution in [-0.4, -0.2) is 17.5 Å². The SMILES string of the molecule is O=[N+]([O-])c1cc(OC(F)(F)C(F)F)ccc1F. The van der Waals surface area contributed by atoms with Crippen molar-refractivity contribution in [3.05, 3.63) is 34.1 Å². The van der Waals surface area contributed by atoms with Crippen molar-refractivity contribution in [2.75, 3.05) is 0 Å². The molecule has 1 aromatic carbocycles. The molecule has 0 radical (unpaired) electrons. The molecule has 0 aromatic heterocycles. The zero-order chi connectivity index (χ0) is 13.2. The summed E-state index contributed by atoms with van der Waals surface area (Å²) in [6.45, 7) is 0. The number of halogens is 5. The highest BCUT2D eigenvalue weighted by Gasteiger charge is 2.44. The molecule has 0 heterocycles.